The van der Waals surface area contributed by atoms with Crippen LogP contribution in [0.4, 0.5) is 14.5 Å². The Bertz CT molecular complexity index is 876. The highest BCUT2D eigenvalue weighted by atomic mass is 19.3. The van der Waals surface area contributed by atoms with Gasteiger partial charge in [0.2, 0.25) is 0 Å². The number of nitrogens with zero attached hydrogens (tertiary/aromatic N) is 2. The number of methoxy groups -OCH3 is 1. The Morgan fingerprint density at radius 3 is 2.68 bits per heavy atom. The average molecular weight is 395 g/mol. The van der Waals surface area contributed by atoms with Crippen LogP contribution in [-0.4, -0.2) is 37.4 Å². The van der Waals surface area contributed by atoms with Crippen molar-refractivity contribution in [3.63, 3.8) is 0 Å². The van der Waals surface area contributed by atoms with E-state index in [0.29, 0.717) is 5.56 Å². The predicted octanol–water partition coefficient (Wildman–Crippen LogP) is 2.73. The number of benzene rings is 2. The maximum absolute atomic E-state index is 12.3. The van der Waals surface area contributed by atoms with Gasteiger partial charge in [-0.3, -0.25) is 14.9 Å². The number of hydrogen-bond acceptors (Lipinski definition) is 7. The zero-order valence-electron chi connectivity index (χ0n) is 14.5. The average Bonchev–Trinajstić information content (AvgIpc) is 2.67. The van der Waals surface area contributed by atoms with Gasteiger partial charge < -0.3 is 14.2 Å². The van der Waals surface area contributed by atoms with E-state index in [-0.39, 0.29) is 22.9 Å². The summed E-state index contributed by atoms with van der Waals surface area (Å²) in [4.78, 5) is 22.0. The van der Waals surface area contributed by atoms with Gasteiger partial charge in [-0.05, 0) is 29.8 Å². The van der Waals surface area contributed by atoms with Gasteiger partial charge in [0.1, 0.15) is 0 Å². The number of halogens is 2. The van der Waals surface area contributed by atoms with Crippen LogP contribution >= 0.6 is 0 Å². The fraction of sp³-hybridized carbons (Fsp3) is 0.176. The summed E-state index contributed by atoms with van der Waals surface area (Å²) < 4.78 is 38.9. The van der Waals surface area contributed by atoms with Gasteiger partial charge in [0.25, 0.3) is 5.91 Å². The molecule has 1 amide bonds. The van der Waals surface area contributed by atoms with Gasteiger partial charge in [0.05, 0.1) is 18.2 Å². The number of carbonyl (C=O) groups is 1. The minimum absolute atomic E-state index is 0.0500. The number of nitrogens with one attached hydrogen (secondary N) is 1. The third-order valence-corrected chi connectivity index (χ3v) is 3.23. The number of nitro benzene ring substituents is 1. The van der Waals surface area contributed by atoms with E-state index in [2.05, 4.69) is 15.3 Å². The van der Waals surface area contributed by atoms with E-state index in [0.717, 1.165) is 0 Å². The Hall–Kier alpha value is -3.76. The molecule has 0 unspecified atom stereocenters. The van der Waals surface area contributed by atoms with E-state index >= 15 is 0 Å². The Balaban J connectivity index is 1.92. The molecule has 11 heteroatoms. The number of alkyl halides is 2. The first-order chi connectivity index (χ1) is 13.4. The van der Waals surface area contributed by atoms with Gasteiger partial charge in [-0.1, -0.05) is 12.1 Å². The SMILES string of the molecule is COc1cc(/C=N\NC(=O)COc2ccccc2[N+](=O)[O-])ccc1OC(F)F. The molecule has 0 aliphatic rings. The summed E-state index contributed by atoms with van der Waals surface area (Å²) in [5, 5.41) is 14.6. The molecule has 0 aliphatic heterocycles. The molecule has 0 aliphatic carbocycles. The van der Waals surface area contributed by atoms with Crippen LogP contribution in [0.1, 0.15) is 5.56 Å². The molecular weight excluding hydrogens is 380 g/mol. The molecule has 9 nitrogen and oxygen atoms in total. The Labute approximate surface area is 157 Å². The van der Waals surface area contributed by atoms with Crippen LogP contribution in [-0.2, 0) is 4.79 Å². The Morgan fingerprint density at radius 2 is 2.00 bits per heavy atom. The monoisotopic (exact) mass is 395 g/mol. The summed E-state index contributed by atoms with van der Waals surface area (Å²) in [7, 11) is 1.29. The normalized spacial score (nSPS) is 10.7. The molecule has 0 bridgehead atoms. The van der Waals surface area contributed by atoms with Crippen molar-refractivity contribution in [1.29, 1.82) is 0 Å². The summed E-state index contributed by atoms with van der Waals surface area (Å²) in [6.07, 6.45) is 1.25. The van der Waals surface area contributed by atoms with Crippen molar-refractivity contribution in [2.75, 3.05) is 13.7 Å². The molecular formula is C17H15F2N3O6. The first-order valence-corrected chi connectivity index (χ1v) is 7.71. The van der Waals surface area contributed by atoms with Crippen molar-refractivity contribution < 1.29 is 32.7 Å². The van der Waals surface area contributed by atoms with E-state index in [1.165, 1.54) is 55.8 Å². The fourth-order valence-corrected chi connectivity index (χ4v) is 2.04. The lowest BCUT2D eigenvalue weighted by molar-refractivity contribution is -0.385. The number of hydrazone groups is 1. The molecule has 0 radical (unpaired) electrons. The molecule has 0 spiro atoms. The lowest BCUT2D eigenvalue weighted by Crippen LogP contribution is -2.24. The van der Waals surface area contributed by atoms with Crippen LogP contribution in [0, 0.1) is 10.1 Å². The smallest absolute Gasteiger partial charge is 0.387 e. The van der Waals surface area contributed by atoms with Gasteiger partial charge in [-0.25, -0.2) is 5.43 Å². The van der Waals surface area contributed by atoms with Crippen LogP contribution in [0.2, 0.25) is 0 Å². The molecule has 1 N–H and O–H groups in total. The molecule has 0 heterocycles. The molecule has 0 aromatic heterocycles. The third-order valence-electron chi connectivity index (χ3n) is 3.23. The van der Waals surface area contributed by atoms with Gasteiger partial charge in [0, 0.05) is 6.07 Å². The maximum atomic E-state index is 12.3. The van der Waals surface area contributed by atoms with Crippen LogP contribution < -0.4 is 19.6 Å². The van der Waals surface area contributed by atoms with Crippen LogP contribution in [0.15, 0.2) is 47.6 Å². The number of amides is 1. The minimum atomic E-state index is -2.99. The molecule has 2 aromatic carbocycles. The molecule has 28 heavy (non-hydrogen) atoms. The van der Waals surface area contributed by atoms with Gasteiger partial charge in [-0.2, -0.15) is 13.9 Å². The van der Waals surface area contributed by atoms with E-state index in [1.807, 2.05) is 0 Å². The first-order valence-electron chi connectivity index (χ1n) is 7.71. The second-order valence-electron chi connectivity index (χ2n) is 5.10. The molecule has 0 saturated heterocycles. The number of rotatable bonds is 9. The lowest BCUT2D eigenvalue weighted by atomic mass is 10.2. The van der Waals surface area contributed by atoms with Crippen molar-refractivity contribution in [2.45, 2.75) is 6.61 Å². The highest BCUT2D eigenvalue weighted by molar-refractivity contribution is 5.83. The molecule has 148 valence electrons. The highest BCUT2D eigenvalue weighted by Gasteiger charge is 2.14. The molecule has 0 saturated carbocycles. The Kier molecular flexibility index (Phi) is 7.20. The summed E-state index contributed by atoms with van der Waals surface area (Å²) in [5.41, 5.74) is 2.35. The fourth-order valence-electron chi connectivity index (χ4n) is 2.04. The van der Waals surface area contributed by atoms with Gasteiger partial charge in [-0.15, -0.1) is 0 Å². The predicted molar refractivity (Wildman–Crippen MR) is 94.0 cm³/mol. The summed E-state index contributed by atoms with van der Waals surface area (Å²) >= 11 is 0. The number of para-hydroxylation sites is 2. The van der Waals surface area contributed by atoms with Gasteiger partial charge >= 0.3 is 12.3 Å². The number of ether oxygens (including phenoxy) is 3. The second kappa shape index (κ2) is 9.80. The summed E-state index contributed by atoms with van der Waals surface area (Å²) in [6.45, 7) is -3.49. The van der Waals surface area contributed by atoms with Crippen molar-refractivity contribution in [2.24, 2.45) is 5.10 Å². The Morgan fingerprint density at radius 1 is 1.25 bits per heavy atom. The molecule has 0 fully saturated rings. The van der Waals surface area contributed by atoms with Crippen LogP contribution in [0.25, 0.3) is 0 Å². The third kappa shape index (κ3) is 5.90. The second-order valence-corrected chi connectivity index (χ2v) is 5.10. The number of carbonyl (C=O) groups excluding carboxylic acids is 1. The largest absolute Gasteiger partial charge is 0.493 e. The van der Waals surface area contributed by atoms with Crippen molar-refractivity contribution in [1.82, 2.24) is 5.43 Å². The molecule has 2 aromatic rings. The minimum Gasteiger partial charge on any atom is -0.493 e. The van der Waals surface area contributed by atoms with Crippen molar-refractivity contribution in [3.8, 4) is 17.2 Å². The number of nitro groups is 1. The summed E-state index contributed by atoms with van der Waals surface area (Å²) in [5.74, 6) is -0.781. The van der Waals surface area contributed by atoms with E-state index in [4.69, 9.17) is 9.47 Å². The highest BCUT2D eigenvalue weighted by Crippen LogP contribution is 2.29. The number of hydrogen-bond donors (Lipinski definition) is 1. The maximum Gasteiger partial charge on any atom is 0.387 e. The zero-order chi connectivity index (χ0) is 20.5. The van der Waals surface area contributed by atoms with E-state index in [1.54, 1.807) is 0 Å². The van der Waals surface area contributed by atoms with Gasteiger partial charge in [0.15, 0.2) is 23.9 Å². The zero-order valence-corrected chi connectivity index (χ0v) is 14.5. The lowest BCUT2D eigenvalue weighted by Gasteiger charge is -2.10. The van der Waals surface area contributed by atoms with E-state index in [9.17, 15) is 23.7 Å². The van der Waals surface area contributed by atoms with Crippen molar-refractivity contribution >= 4 is 17.8 Å². The summed E-state index contributed by atoms with van der Waals surface area (Å²) in [6, 6.07) is 9.71. The molecule has 0 atom stereocenters. The van der Waals surface area contributed by atoms with Crippen LogP contribution in [0.3, 0.4) is 0 Å². The topological polar surface area (TPSA) is 112 Å². The quantitative estimate of drug-likeness (QED) is 0.397. The van der Waals surface area contributed by atoms with E-state index < -0.39 is 24.0 Å². The molecule has 2 rings (SSSR count). The van der Waals surface area contributed by atoms with Crippen LogP contribution in [0.5, 0.6) is 17.2 Å². The standard InChI is InChI=1S/C17H15F2N3O6/c1-26-15-8-11(6-7-14(15)28-17(18)19)9-20-21-16(23)10-27-13-5-3-2-4-12(13)22(24)25/h2-9,17H,10H2,1H3,(H,21,23)/b20-9-. The first kappa shape index (κ1) is 20.6. The van der Waals surface area contributed by atoms with Crippen molar-refractivity contribution in [3.05, 3.63) is 58.1 Å².